The zero-order chi connectivity index (χ0) is 15.8. The van der Waals surface area contributed by atoms with Crippen molar-refractivity contribution in [3.05, 3.63) is 58.6 Å². The van der Waals surface area contributed by atoms with E-state index in [2.05, 4.69) is 31.9 Å². The second kappa shape index (κ2) is 5.94. The highest BCUT2D eigenvalue weighted by Crippen LogP contribution is 2.31. The number of thiazole rings is 1. The number of hydrogen-bond donors (Lipinski definition) is 0. The minimum Gasteiger partial charge on any atom is -0.455 e. The van der Waals surface area contributed by atoms with Gasteiger partial charge in [0, 0.05) is 4.47 Å². The number of rotatable bonds is 3. The van der Waals surface area contributed by atoms with Gasteiger partial charge in [0.2, 0.25) is 0 Å². The SMILES string of the molecule is O=C(OC1CN(c2nc3ccccc3s2)C1)c1cccc(Br)c1. The van der Waals surface area contributed by atoms with Crippen molar-refractivity contribution >= 4 is 48.6 Å². The number of benzene rings is 2. The summed E-state index contributed by atoms with van der Waals surface area (Å²) >= 11 is 5.03. The molecule has 0 saturated carbocycles. The lowest BCUT2D eigenvalue weighted by molar-refractivity contribution is 0.0234. The van der Waals surface area contributed by atoms with Gasteiger partial charge in [-0.3, -0.25) is 0 Å². The van der Waals surface area contributed by atoms with Crippen LogP contribution in [0.4, 0.5) is 5.13 Å². The first kappa shape index (κ1) is 14.7. The van der Waals surface area contributed by atoms with E-state index < -0.39 is 0 Å². The average molecular weight is 389 g/mol. The molecule has 0 spiro atoms. The molecule has 0 N–H and O–H groups in total. The maximum Gasteiger partial charge on any atom is 0.338 e. The predicted molar refractivity (Wildman–Crippen MR) is 95.2 cm³/mol. The molecule has 6 heteroatoms. The number of anilines is 1. The quantitative estimate of drug-likeness (QED) is 0.633. The third kappa shape index (κ3) is 2.96. The van der Waals surface area contributed by atoms with Crippen LogP contribution in [0.5, 0.6) is 0 Å². The molecule has 1 aliphatic rings. The number of nitrogens with zero attached hydrogens (tertiary/aromatic N) is 2. The Morgan fingerprint density at radius 3 is 2.83 bits per heavy atom. The summed E-state index contributed by atoms with van der Waals surface area (Å²) in [6.07, 6.45) is -0.0755. The van der Waals surface area contributed by atoms with E-state index in [9.17, 15) is 4.79 Å². The van der Waals surface area contributed by atoms with Crippen molar-refractivity contribution in [1.29, 1.82) is 0 Å². The maximum atomic E-state index is 12.1. The second-order valence-corrected chi connectivity index (χ2v) is 7.33. The number of halogens is 1. The van der Waals surface area contributed by atoms with Crippen LogP contribution in [0.3, 0.4) is 0 Å². The smallest absolute Gasteiger partial charge is 0.338 e. The third-order valence-electron chi connectivity index (χ3n) is 3.74. The Morgan fingerprint density at radius 2 is 2.04 bits per heavy atom. The van der Waals surface area contributed by atoms with E-state index in [4.69, 9.17) is 4.74 Å². The molecule has 116 valence electrons. The maximum absolute atomic E-state index is 12.1. The number of aromatic nitrogens is 1. The topological polar surface area (TPSA) is 42.4 Å². The summed E-state index contributed by atoms with van der Waals surface area (Å²) in [6.45, 7) is 1.39. The highest BCUT2D eigenvalue weighted by atomic mass is 79.9. The third-order valence-corrected chi connectivity index (χ3v) is 5.33. The monoisotopic (exact) mass is 388 g/mol. The van der Waals surface area contributed by atoms with Crippen molar-refractivity contribution in [1.82, 2.24) is 4.98 Å². The molecule has 23 heavy (non-hydrogen) atoms. The molecule has 1 fully saturated rings. The molecule has 2 aromatic carbocycles. The number of carbonyl (C=O) groups excluding carboxylic acids is 1. The van der Waals surface area contributed by atoms with Crippen molar-refractivity contribution in [3.8, 4) is 0 Å². The predicted octanol–water partition coefficient (Wildman–Crippen LogP) is 4.10. The first-order valence-electron chi connectivity index (χ1n) is 7.26. The Hall–Kier alpha value is -1.92. The van der Waals surface area contributed by atoms with E-state index in [1.54, 1.807) is 23.5 Å². The van der Waals surface area contributed by atoms with Crippen LogP contribution in [0.15, 0.2) is 53.0 Å². The van der Waals surface area contributed by atoms with E-state index in [1.807, 2.05) is 30.3 Å². The van der Waals surface area contributed by atoms with Gasteiger partial charge in [-0.05, 0) is 30.3 Å². The Kier molecular flexibility index (Phi) is 3.79. The summed E-state index contributed by atoms with van der Waals surface area (Å²) in [5.74, 6) is -0.278. The molecule has 2 heterocycles. The Morgan fingerprint density at radius 1 is 1.22 bits per heavy atom. The van der Waals surface area contributed by atoms with Crippen molar-refractivity contribution < 1.29 is 9.53 Å². The summed E-state index contributed by atoms with van der Waals surface area (Å²) in [5.41, 5.74) is 1.58. The molecule has 1 aliphatic heterocycles. The number of para-hydroxylation sites is 1. The van der Waals surface area contributed by atoms with Crippen LogP contribution in [0.1, 0.15) is 10.4 Å². The minimum absolute atomic E-state index is 0.0755. The van der Waals surface area contributed by atoms with Crippen LogP contribution in [0, 0.1) is 0 Å². The summed E-state index contributed by atoms with van der Waals surface area (Å²) in [6, 6.07) is 15.3. The number of carbonyl (C=O) groups is 1. The standard InChI is InChI=1S/C17H13BrN2O2S/c18-12-5-3-4-11(8-12)16(21)22-13-9-20(10-13)17-19-14-6-1-2-7-15(14)23-17/h1-8,13H,9-10H2. The Labute approximate surface area is 145 Å². The molecular formula is C17H13BrN2O2S. The molecule has 3 aromatic rings. The first-order chi connectivity index (χ1) is 11.2. The van der Waals surface area contributed by atoms with E-state index in [0.29, 0.717) is 18.7 Å². The number of hydrogen-bond acceptors (Lipinski definition) is 5. The molecule has 0 atom stereocenters. The van der Waals surface area contributed by atoms with E-state index in [0.717, 1.165) is 15.1 Å². The largest absolute Gasteiger partial charge is 0.455 e. The molecule has 1 saturated heterocycles. The zero-order valence-corrected chi connectivity index (χ0v) is 14.5. The molecular weight excluding hydrogens is 376 g/mol. The Bertz CT molecular complexity index is 841. The molecule has 0 radical (unpaired) electrons. The molecule has 4 nitrogen and oxygen atoms in total. The van der Waals surface area contributed by atoms with Crippen molar-refractivity contribution in [2.45, 2.75) is 6.10 Å². The van der Waals surface area contributed by atoms with Crippen LogP contribution in [-0.4, -0.2) is 30.1 Å². The van der Waals surface area contributed by atoms with Crippen molar-refractivity contribution in [2.75, 3.05) is 18.0 Å². The van der Waals surface area contributed by atoms with E-state index in [-0.39, 0.29) is 12.1 Å². The number of fused-ring (bicyclic) bond motifs is 1. The van der Waals surface area contributed by atoms with Gasteiger partial charge in [-0.1, -0.05) is 45.5 Å². The zero-order valence-electron chi connectivity index (χ0n) is 12.1. The minimum atomic E-state index is -0.278. The summed E-state index contributed by atoms with van der Waals surface area (Å²) < 4.78 is 7.58. The van der Waals surface area contributed by atoms with Crippen LogP contribution < -0.4 is 4.90 Å². The normalized spacial score (nSPS) is 14.7. The van der Waals surface area contributed by atoms with Crippen LogP contribution in [-0.2, 0) is 4.74 Å². The van der Waals surface area contributed by atoms with Gasteiger partial charge < -0.3 is 9.64 Å². The summed E-state index contributed by atoms with van der Waals surface area (Å²) in [4.78, 5) is 18.9. The molecule has 4 rings (SSSR count). The molecule has 0 aliphatic carbocycles. The highest BCUT2D eigenvalue weighted by Gasteiger charge is 2.32. The fraction of sp³-hybridized carbons (Fsp3) is 0.176. The van der Waals surface area contributed by atoms with Gasteiger partial charge in [-0.25, -0.2) is 9.78 Å². The first-order valence-corrected chi connectivity index (χ1v) is 8.87. The van der Waals surface area contributed by atoms with Gasteiger partial charge in [0.05, 0.1) is 28.9 Å². The lowest BCUT2D eigenvalue weighted by atomic mass is 10.2. The molecule has 0 unspecified atom stereocenters. The van der Waals surface area contributed by atoms with E-state index >= 15 is 0 Å². The van der Waals surface area contributed by atoms with Gasteiger partial charge in [-0.2, -0.15) is 0 Å². The number of ether oxygens (including phenoxy) is 1. The van der Waals surface area contributed by atoms with Crippen LogP contribution >= 0.6 is 27.3 Å². The van der Waals surface area contributed by atoms with Crippen LogP contribution in [0.2, 0.25) is 0 Å². The lowest BCUT2D eigenvalue weighted by Crippen LogP contribution is -2.53. The van der Waals surface area contributed by atoms with E-state index in [1.165, 1.54) is 4.70 Å². The summed E-state index contributed by atoms with van der Waals surface area (Å²) in [5, 5.41) is 0.987. The summed E-state index contributed by atoms with van der Waals surface area (Å²) in [7, 11) is 0. The van der Waals surface area contributed by atoms with Crippen LogP contribution in [0.25, 0.3) is 10.2 Å². The second-order valence-electron chi connectivity index (χ2n) is 5.41. The Balaban J connectivity index is 1.38. The van der Waals surface area contributed by atoms with Crippen molar-refractivity contribution in [3.63, 3.8) is 0 Å². The molecule has 0 amide bonds. The average Bonchev–Trinajstić information content (AvgIpc) is 2.93. The van der Waals surface area contributed by atoms with Crippen molar-refractivity contribution in [2.24, 2.45) is 0 Å². The molecule has 1 aromatic heterocycles. The van der Waals surface area contributed by atoms with Gasteiger partial charge in [0.25, 0.3) is 0 Å². The highest BCUT2D eigenvalue weighted by molar-refractivity contribution is 9.10. The van der Waals surface area contributed by atoms with Gasteiger partial charge in [-0.15, -0.1) is 0 Å². The fourth-order valence-corrected chi connectivity index (χ4v) is 3.88. The van der Waals surface area contributed by atoms with Gasteiger partial charge in [0.15, 0.2) is 5.13 Å². The van der Waals surface area contributed by atoms with Gasteiger partial charge in [0.1, 0.15) is 6.10 Å². The lowest BCUT2D eigenvalue weighted by Gasteiger charge is -2.38. The fourth-order valence-electron chi connectivity index (χ4n) is 2.50. The molecule has 0 bridgehead atoms. The van der Waals surface area contributed by atoms with Gasteiger partial charge >= 0.3 is 5.97 Å². The number of esters is 1.